The summed E-state index contributed by atoms with van der Waals surface area (Å²) in [6, 6.07) is 2.30. The molecule has 0 spiro atoms. The van der Waals surface area contributed by atoms with Crippen molar-refractivity contribution in [3.05, 3.63) is 52.6 Å². The predicted molar refractivity (Wildman–Crippen MR) is 97.8 cm³/mol. The van der Waals surface area contributed by atoms with E-state index in [1.54, 1.807) is 0 Å². The van der Waals surface area contributed by atoms with Crippen molar-refractivity contribution in [3.8, 4) is 11.4 Å². The highest BCUT2D eigenvalue weighted by Gasteiger charge is 2.15. The van der Waals surface area contributed by atoms with Crippen LogP contribution in [-0.4, -0.2) is 32.7 Å². The molecule has 160 valence electrons. The number of hydrogen-bond donors (Lipinski definition) is 0. The van der Waals surface area contributed by atoms with E-state index in [4.69, 9.17) is 0 Å². The predicted octanol–water partition coefficient (Wildman–Crippen LogP) is 4.34. The lowest BCUT2D eigenvalue weighted by atomic mass is 10.1. The number of halogens is 5. The molecule has 0 unspecified atom stereocenters. The Bertz CT molecular complexity index is 1060. The average Bonchev–Trinajstić information content (AvgIpc) is 2.72. The van der Waals surface area contributed by atoms with Crippen LogP contribution in [0.3, 0.4) is 0 Å². The number of benzene rings is 1. The van der Waals surface area contributed by atoms with E-state index in [2.05, 4.69) is 19.7 Å². The quantitative estimate of drug-likeness (QED) is 0.375. The second-order valence-corrected chi connectivity index (χ2v) is 6.43. The Morgan fingerprint density at radius 3 is 2.40 bits per heavy atom. The molecular weight excluding hydrogens is 411 g/mol. The summed E-state index contributed by atoms with van der Waals surface area (Å²) in [5, 5.41) is 0.0454. The van der Waals surface area contributed by atoms with Crippen LogP contribution in [0, 0.1) is 5.82 Å². The second-order valence-electron chi connectivity index (χ2n) is 6.43. The van der Waals surface area contributed by atoms with E-state index in [0.717, 1.165) is 18.5 Å². The van der Waals surface area contributed by atoms with Crippen LogP contribution in [0.2, 0.25) is 0 Å². The van der Waals surface area contributed by atoms with Gasteiger partial charge in [-0.3, -0.25) is 9.36 Å². The van der Waals surface area contributed by atoms with Crippen molar-refractivity contribution in [1.29, 1.82) is 0 Å². The zero-order valence-electron chi connectivity index (χ0n) is 15.6. The van der Waals surface area contributed by atoms with Crippen molar-refractivity contribution < 1.29 is 26.7 Å². The number of nitrogens with zero attached hydrogens (tertiary/aromatic N) is 4. The van der Waals surface area contributed by atoms with Crippen molar-refractivity contribution in [2.75, 3.05) is 6.61 Å². The van der Waals surface area contributed by atoms with Gasteiger partial charge in [0.1, 0.15) is 5.82 Å². The maximum absolute atomic E-state index is 14.6. The summed E-state index contributed by atoms with van der Waals surface area (Å²) < 4.78 is 69.0. The topological polar surface area (TPSA) is 69.9 Å². The van der Waals surface area contributed by atoms with E-state index in [0.29, 0.717) is 19.3 Å². The maximum Gasteiger partial charge on any atom is 0.345 e. The number of unbranched alkanes of at least 4 members (excludes halogenated alkanes) is 2. The van der Waals surface area contributed by atoms with Gasteiger partial charge < -0.3 is 4.74 Å². The fourth-order valence-electron chi connectivity index (χ4n) is 2.83. The Morgan fingerprint density at radius 2 is 1.73 bits per heavy atom. The highest BCUT2D eigenvalue weighted by Crippen LogP contribution is 2.24. The molecule has 0 N–H and O–H groups in total. The van der Waals surface area contributed by atoms with E-state index in [-0.39, 0.29) is 41.0 Å². The molecule has 0 saturated carbocycles. The minimum absolute atomic E-state index is 0.0454. The van der Waals surface area contributed by atoms with Gasteiger partial charge in [0.05, 0.1) is 35.0 Å². The van der Waals surface area contributed by atoms with E-state index in [9.17, 15) is 26.7 Å². The van der Waals surface area contributed by atoms with Gasteiger partial charge in [0.2, 0.25) is 0 Å². The van der Waals surface area contributed by atoms with E-state index in [1.165, 1.54) is 17.0 Å². The third-order valence-corrected chi connectivity index (χ3v) is 4.36. The third kappa shape index (κ3) is 5.15. The van der Waals surface area contributed by atoms with Crippen LogP contribution in [0.1, 0.15) is 31.3 Å². The standard InChI is InChI=1S/C19H17F5N4O2/c20-14-6-13-15(7-12(14)17-25-8-11(9-26-17)16(21)22)27-10-28(18(13)29)4-2-1-3-5-30-19(23)24/h6-10,16,19H,1-5H2. The average molecular weight is 428 g/mol. The molecule has 0 aliphatic carbocycles. The first-order chi connectivity index (χ1) is 14.4. The minimum atomic E-state index is -2.80. The van der Waals surface area contributed by atoms with Gasteiger partial charge in [-0.15, -0.1) is 0 Å². The molecule has 11 heteroatoms. The van der Waals surface area contributed by atoms with E-state index < -0.39 is 24.4 Å². The molecule has 3 aromatic rings. The maximum atomic E-state index is 14.6. The molecule has 0 aliphatic rings. The molecule has 3 rings (SSSR count). The van der Waals surface area contributed by atoms with Crippen molar-refractivity contribution in [2.24, 2.45) is 0 Å². The molecule has 0 fully saturated rings. The first-order valence-corrected chi connectivity index (χ1v) is 9.05. The Morgan fingerprint density at radius 1 is 1.00 bits per heavy atom. The molecule has 2 heterocycles. The Kier molecular flexibility index (Phi) is 7.03. The van der Waals surface area contributed by atoms with E-state index in [1.807, 2.05) is 0 Å². The van der Waals surface area contributed by atoms with Crippen LogP contribution < -0.4 is 5.56 Å². The summed E-state index contributed by atoms with van der Waals surface area (Å²) in [5.41, 5.74) is -0.698. The third-order valence-electron chi connectivity index (χ3n) is 4.36. The molecule has 0 amide bonds. The van der Waals surface area contributed by atoms with E-state index >= 15 is 0 Å². The van der Waals surface area contributed by atoms with Gasteiger partial charge in [-0.1, -0.05) is 0 Å². The fraction of sp³-hybridized carbons (Fsp3) is 0.368. The van der Waals surface area contributed by atoms with Gasteiger partial charge in [0.15, 0.2) is 5.82 Å². The molecule has 0 radical (unpaired) electrons. The van der Waals surface area contributed by atoms with Crippen LogP contribution in [0.25, 0.3) is 22.3 Å². The first kappa shape index (κ1) is 21.8. The highest BCUT2D eigenvalue weighted by atomic mass is 19.3. The lowest BCUT2D eigenvalue weighted by Gasteiger charge is -2.09. The number of fused-ring (bicyclic) bond motifs is 1. The number of aromatic nitrogens is 4. The Balaban J connectivity index is 1.76. The van der Waals surface area contributed by atoms with Crippen LogP contribution in [0.5, 0.6) is 0 Å². The Hall–Kier alpha value is -2.95. The highest BCUT2D eigenvalue weighted by molar-refractivity contribution is 5.82. The number of hydrogen-bond acceptors (Lipinski definition) is 5. The van der Waals surface area contributed by atoms with Crippen LogP contribution in [0.4, 0.5) is 22.0 Å². The normalized spacial score (nSPS) is 11.7. The van der Waals surface area contributed by atoms with Crippen molar-refractivity contribution in [2.45, 2.75) is 38.8 Å². The molecule has 6 nitrogen and oxygen atoms in total. The lowest BCUT2D eigenvalue weighted by molar-refractivity contribution is -0.129. The molecule has 0 saturated heterocycles. The molecule has 0 atom stereocenters. The summed E-state index contributed by atoms with van der Waals surface area (Å²) in [6.45, 7) is -2.58. The SMILES string of the molecule is O=c1c2cc(F)c(-c3ncc(C(F)F)cn3)cc2ncn1CCCCCOC(F)F. The van der Waals surface area contributed by atoms with Crippen molar-refractivity contribution in [1.82, 2.24) is 19.5 Å². The van der Waals surface area contributed by atoms with Crippen molar-refractivity contribution >= 4 is 10.9 Å². The van der Waals surface area contributed by atoms with Gasteiger partial charge >= 0.3 is 6.61 Å². The van der Waals surface area contributed by atoms with Gasteiger partial charge in [-0.25, -0.2) is 28.1 Å². The Labute approximate surface area is 167 Å². The molecule has 1 aromatic carbocycles. The zero-order valence-corrected chi connectivity index (χ0v) is 15.6. The molecule has 0 aliphatic heterocycles. The van der Waals surface area contributed by atoms with Gasteiger partial charge in [0.25, 0.3) is 12.0 Å². The molecule has 2 aromatic heterocycles. The fourth-order valence-corrected chi connectivity index (χ4v) is 2.83. The molecule has 30 heavy (non-hydrogen) atoms. The van der Waals surface area contributed by atoms with Gasteiger partial charge in [-0.05, 0) is 31.4 Å². The minimum Gasteiger partial charge on any atom is -0.323 e. The van der Waals surface area contributed by atoms with Crippen molar-refractivity contribution in [3.63, 3.8) is 0 Å². The number of alkyl halides is 4. The monoisotopic (exact) mass is 428 g/mol. The van der Waals surface area contributed by atoms with Gasteiger partial charge in [-0.2, -0.15) is 8.78 Å². The second kappa shape index (κ2) is 9.70. The van der Waals surface area contributed by atoms with Crippen LogP contribution >= 0.6 is 0 Å². The summed E-state index contributed by atoms with van der Waals surface area (Å²) in [5.74, 6) is -0.885. The summed E-state index contributed by atoms with van der Waals surface area (Å²) in [7, 11) is 0. The molecule has 0 bridgehead atoms. The first-order valence-electron chi connectivity index (χ1n) is 9.05. The van der Waals surface area contributed by atoms with Crippen LogP contribution in [-0.2, 0) is 11.3 Å². The summed E-state index contributed by atoms with van der Waals surface area (Å²) in [4.78, 5) is 24.2. The lowest BCUT2D eigenvalue weighted by Crippen LogP contribution is -2.21. The number of ether oxygens (including phenoxy) is 1. The van der Waals surface area contributed by atoms with Crippen LogP contribution in [0.15, 0.2) is 35.6 Å². The summed E-state index contributed by atoms with van der Waals surface area (Å²) >= 11 is 0. The smallest absolute Gasteiger partial charge is 0.323 e. The number of rotatable bonds is 9. The molecular formula is C19H17F5N4O2. The summed E-state index contributed by atoms with van der Waals surface area (Å²) in [6.07, 6.45) is 1.91. The number of aryl methyl sites for hydroxylation is 1. The zero-order chi connectivity index (χ0) is 21.7. The van der Waals surface area contributed by atoms with Gasteiger partial charge in [0, 0.05) is 18.9 Å². The largest absolute Gasteiger partial charge is 0.345 e.